The summed E-state index contributed by atoms with van der Waals surface area (Å²) in [6.45, 7) is 4.10. The van der Waals surface area contributed by atoms with E-state index in [4.69, 9.17) is 11.6 Å². The Labute approximate surface area is 124 Å². The molecule has 1 amide bonds. The van der Waals surface area contributed by atoms with E-state index in [2.05, 4.69) is 31.4 Å². The summed E-state index contributed by atoms with van der Waals surface area (Å²) >= 11 is 9.24. The highest BCUT2D eigenvalue weighted by atomic mass is 79.9. The monoisotopic (exact) mass is 341 g/mol. The number of nitrogens with one attached hydrogen (secondary N) is 2. The van der Waals surface area contributed by atoms with Gasteiger partial charge in [-0.25, -0.2) is 0 Å². The molecule has 100 valence electrons. The molecule has 0 unspecified atom stereocenters. The number of amides is 1. The van der Waals surface area contributed by atoms with Gasteiger partial charge in [-0.1, -0.05) is 25.4 Å². The van der Waals surface area contributed by atoms with Crippen LogP contribution in [0.5, 0.6) is 0 Å². The summed E-state index contributed by atoms with van der Waals surface area (Å²) in [4.78, 5) is 12.0. The molecule has 6 heteroatoms. The molecule has 0 fully saturated rings. The lowest BCUT2D eigenvalue weighted by atomic mass is 10.1. The van der Waals surface area contributed by atoms with Crippen LogP contribution in [-0.2, 0) is 0 Å². The Morgan fingerprint density at radius 3 is 2.74 bits per heavy atom. The average Bonchev–Trinajstić information content (AvgIpc) is 2.81. The molecule has 2 aromatic rings. The van der Waals surface area contributed by atoms with Crippen molar-refractivity contribution in [1.82, 2.24) is 10.2 Å². The second kappa shape index (κ2) is 5.75. The minimum Gasteiger partial charge on any atom is -0.305 e. The lowest BCUT2D eigenvalue weighted by molar-refractivity contribution is 0.102. The molecule has 0 bridgehead atoms. The zero-order chi connectivity index (χ0) is 14.0. The first kappa shape index (κ1) is 14.1. The maximum absolute atomic E-state index is 12.0. The van der Waals surface area contributed by atoms with Gasteiger partial charge in [-0.2, -0.15) is 5.10 Å². The maximum Gasteiger partial charge on any atom is 0.256 e. The maximum atomic E-state index is 12.0. The van der Waals surface area contributed by atoms with Crippen LogP contribution in [0.25, 0.3) is 0 Å². The molecular formula is C13H13BrClN3O. The molecule has 0 atom stereocenters. The smallest absolute Gasteiger partial charge is 0.256 e. The zero-order valence-corrected chi connectivity index (χ0v) is 12.8. The normalized spacial score (nSPS) is 10.8. The first-order valence-electron chi connectivity index (χ1n) is 5.79. The van der Waals surface area contributed by atoms with Crippen molar-refractivity contribution in [1.29, 1.82) is 0 Å². The summed E-state index contributed by atoms with van der Waals surface area (Å²) in [5.74, 6) is 0.601. The van der Waals surface area contributed by atoms with Gasteiger partial charge in [-0.3, -0.25) is 9.89 Å². The fourth-order valence-corrected chi connectivity index (χ4v) is 1.95. The number of hydrogen-bond donors (Lipinski definition) is 2. The Morgan fingerprint density at radius 2 is 2.16 bits per heavy atom. The van der Waals surface area contributed by atoms with E-state index in [9.17, 15) is 4.79 Å². The molecule has 0 radical (unpaired) electrons. The van der Waals surface area contributed by atoms with Crippen molar-refractivity contribution in [3.63, 3.8) is 0 Å². The highest BCUT2D eigenvalue weighted by molar-refractivity contribution is 9.10. The van der Waals surface area contributed by atoms with Gasteiger partial charge in [0.15, 0.2) is 5.82 Å². The summed E-state index contributed by atoms with van der Waals surface area (Å²) in [5.41, 5.74) is 1.46. The van der Waals surface area contributed by atoms with Crippen molar-refractivity contribution in [2.24, 2.45) is 0 Å². The van der Waals surface area contributed by atoms with Gasteiger partial charge >= 0.3 is 0 Å². The van der Waals surface area contributed by atoms with Crippen LogP contribution in [0.4, 0.5) is 5.82 Å². The van der Waals surface area contributed by atoms with E-state index < -0.39 is 0 Å². The predicted octanol–water partition coefficient (Wildman–Crippen LogP) is 4.20. The number of nitrogens with zero attached hydrogens (tertiary/aromatic N) is 1. The molecule has 4 nitrogen and oxygen atoms in total. The van der Waals surface area contributed by atoms with Crippen molar-refractivity contribution in [2.75, 3.05) is 5.32 Å². The molecule has 0 saturated carbocycles. The van der Waals surface area contributed by atoms with Crippen molar-refractivity contribution in [2.45, 2.75) is 19.8 Å². The summed E-state index contributed by atoms with van der Waals surface area (Å²) in [7, 11) is 0. The van der Waals surface area contributed by atoms with Gasteiger partial charge in [0, 0.05) is 21.8 Å². The molecule has 0 saturated heterocycles. The van der Waals surface area contributed by atoms with Crippen LogP contribution < -0.4 is 5.32 Å². The van der Waals surface area contributed by atoms with E-state index in [1.54, 1.807) is 18.2 Å². The van der Waals surface area contributed by atoms with Gasteiger partial charge in [0.05, 0.1) is 5.02 Å². The van der Waals surface area contributed by atoms with Gasteiger partial charge in [-0.05, 0) is 40.0 Å². The number of anilines is 1. The van der Waals surface area contributed by atoms with Gasteiger partial charge < -0.3 is 5.32 Å². The van der Waals surface area contributed by atoms with Crippen LogP contribution in [0, 0.1) is 0 Å². The predicted molar refractivity (Wildman–Crippen MR) is 79.8 cm³/mol. The van der Waals surface area contributed by atoms with Crippen LogP contribution in [0.3, 0.4) is 0 Å². The number of rotatable bonds is 3. The summed E-state index contributed by atoms with van der Waals surface area (Å²) < 4.78 is 0.757. The number of benzene rings is 1. The number of hydrogen-bond acceptors (Lipinski definition) is 2. The number of H-pyrrole nitrogens is 1. The van der Waals surface area contributed by atoms with Crippen molar-refractivity contribution >= 4 is 39.3 Å². The second-order valence-corrected chi connectivity index (χ2v) is 5.71. The molecule has 0 aliphatic rings. The van der Waals surface area contributed by atoms with E-state index in [1.165, 1.54) is 0 Å². The van der Waals surface area contributed by atoms with Gasteiger partial charge in [0.1, 0.15) is 0 Å². The molecule has 19 heavy (non-hydrogen) atoms. The molecule has 1 aromatic carbocycles. The van der Waals surface area contributed by atoms with Gasteiger partial charge in [0.2, 0.25) is 0 Å². The molecular weight excluding hydrogens is 330 g/mol. The highest BCUT2D eigenvalue weighted by Crippen LogP contribution is 2.23. The molecule has 0 aliphatic heterocycles. The molecule has 2 N–H and O–H groups in total. The number of carbonyl (C=O) groups is 1. The fourth-order valence-electron chi connectivity index (χ4n) is 1.52. The van der Waals surface area contributed by atoms with Crippen LogP contribution in [0.2, 0.25) is 5.02 Å². The third-order valence-corrected chi connectivity index (χ3v) is 3.88. The van der Waals surface area contributed by atoms with Gasteiger partial charge in [0.25, 0.3) is 5.91 Å². The molecule has 0 aliphatic carbocycles. The van der Waals surface area contributed by atoms with E-state index in [1.807, 2.05) is 19.9 Å². The summed E-state index contributed by atoms with van der Waals surface area (Å²) in [6, 6.07) is 6.86. The third-order valence-electron chi connectivity index (χ3n) is 2.64. The van der Waals surface area contributed by atoms with E-state index in [0.29, 0.717) is 22.3 Å². The Balaban J connectivity index is 2.13. The van der Waals surface area contributed by atoms with E-state index in [-0.39, 0.29) is 5.91 Å². The molecule has 1 aromatic heterocycles. The van der Waals surface area contributed by atoms with Crippen molar-refractivity contribution in [3.05, 3.63) is 45.0 Å². The lowest BCUT2D eigenvalue weighted by Gasteiger charge is -2.03. The quantitative estimate of drug-likeness (QED) is 0.878. The van der Waals surface area contributed by atoms with Crippen molar-refractivity contribution < 1.29 is 4.79 Å². The average molecular weight is 343 g/mol. The minimum absolute atomic E-state index is 0.240. The highest BCUT2D eigenvalue weighted by Gasteiger charge is 2.11. The Hall–Kier alpha value is -1.33. The first-order valence-corrected chi connectivity index (χ1v) is 6.96. The van der Waals surface area contributed by atoms with Crippen molar-refractivity contribution in [3.8, 4) is 0 Å². The van der Waals surface area contributed by atoms with Gasteiger partial charge in [-0.15, -0.1) is 0 Å². The van der Waals surface area contributed by atoms with Crippen LogP contribution in [0.1, 0.15) is 35.8 Å². The minimum atomic E-state index is -0.240. The standard InChI is InChI=1S/C13H13BrClN3O/c1-7(2)11-6-12(18-17-11)16-13(19)8-3-4-9(14)10(15)5-8/h3-7H,1-2H3,(H2,16,17,18,19). The number of aromatic nitrogens is 2. The lowest BCUT2D eigenvalue weighted by Crippen LogP contribution is -2.12. The Kier molecular flexibility index (Phi) is 4.27. The summed E-state index contributed by atoms with van der Waals surface area (Å²) in [5, 5.41) is 10.2. The third kappa shape index (κ3) is 3.36. The van der Waals surface area contributed by atoms with Crippen LogP contribution >= 0.6 is 27.5 Å². The summed E-state index contributed by atoms with van der Waals surface area (Å²) in [6.07, 6.45) is 0. The largest absolute Gasteiger partial charge is 0.305 e. The number of aromatic amines is 1. The number of halogens is 2. The van der Waals surface area contributed by atoms with Crippen LogP contribution in [0.15, 0.2) is 28.7 Å². The Morgan fingerprint density at radius 1 is 1.42 bits per heavy atom. The molecule has 2 rings (SSSR count). The zero-order valence-electron chi connectivity index (χ0n) is 10.5. The number of carbonyl (C=O) groups excluding carboxylic acids is 1. The molecule has 0 spiro atoms. The van der Waals surface area contributed by atoms with Crippen LogP contribution in [-0.4, -0.2) is 16.1 Å². The Bertz CT molecular complexity index is 610. The van der Waals surface area contributed by atoms with E-state index in [0.717, 1.165) is 10.2 Å². The topological polar surface area (TPSA) is 57.8 Å². The van der Waals surface area contributed by atoms with E-state index >= 15 is 0 Å². The molecule has 1 heterocycles. The first-order chi connectivity index (χ1) is 8.97. The fraction of sp³-hybridized carbons (Fsp3) is 0.231. The second-order valence-electron chi connectivity index (χ2n) is 4.45. The SMILES string of the molecule is CC(C)c1cc(NC(=O)c2ccc(Br)c(Cl)c2)n[nH]1.